The third-order valence-corrected chi connectivity index (χ3v) is 4.97. The lowest BCUT2D eigenvalue weighted by atomic mass is 10.0. The van der Waals surface area contributed by atoms with Crippen molar-refractivity contribution in [2.75, 3.05) is 25.9 Å². The highest BCUT2D eigenvalue weighted by Crippen LogP contribution is 2.12. The molecule has 1 saturated heterocycles. The molecule has 0 saturated carbocycles. The van der Waals surface area contributed by atoms with Crippen LogP contribution in [0.3, 0.4) is 0 Å². The molecule has 1 aromatic rings. The molecule has 1 heterocycles. The van der Waals surface area contributed by atoms with Crippen molar-refractivity contribution < 1.29 is 13.2 Å². The summed E-state index contributed by atoms with van der Waals surface area (Å²) in [4.78, 5) is 14.7. The number of likely N-dealkylation sites (tertiary alicyclic amines) is 1. The van der Waals surface area contributed by atoms with Gasteiger partial charge in [-0.3, -0.25) is 4.79 Å². The Kier molecular flexibility index (Phi) is 6.18. The first-order valence-electron chi connectivity index (χ1n) is 8.17. The van der Waals surface area contributed by atoms with E-state index in [2.05, 4.69) is 17.1 Å². The molecule has 0 unspecified atom stereocenters. The van der Waals surface area contributed by atoms with Crippen LogP contribution in [-0.2, 0) is 15.6 Å². The van der Waals surface area contributed by atoms with Crippen molar-refractivity contribution in [3.8, 4) is 0 Å². The zero-order valence-electron chi connectivity index (χ0n) is 13.9. The smallest absolute Gasteiger partial charge is 0.251 e. The monoisotopic (exact) mass is 338 g/mol. The molecule has 128 valence electrons. The average molecular weight is 338 g/mol. The molecular formula is C17H26N2O3S. The standard InChI is InChI=1S/C17H26N2O3S/c1-3-10-19-11-8-16(9-12-19)18-17(20)15-6-4-14(5-7-15)13-23(2,21)22/h4-7,16H,3,8-13H2,1-2H3,(H,18,20). The first-order chi connectivity index (χ1) is 10.9. The van der Waals surface area contributed by atoms with Gasteiger partial charge in [-0.2, -0.15) is 0 Å². The van der Waals surface area contributed by atoms with Crippen molar-refractivity contribution in [1.29, 1.82) is 0 Å². The van der Waals surface area contributed by atoms with Crippen molar-refractivity contribution >= 4 is 15.7 Å². The van der Waals surface area contributed by atoms with Gasteiger partial charge >= 0.3 is 0 Å². The highest BCUT2D eigenvalue weighted by molar-refractivity contribution is 7.89. The zero-order chi connectivity index (χ0) is 16.9. The van der Waals surface area contributed by atoms with E-state index in [1.807, 2.05) is 0 Å². The largest absolute Gasteiger partial charge is 0.349 e. The van der Waals surface area contributed by atoms with Gasteiger partial charge in [-0.05, 0) is 43.5 Å². The summed E-state index contributed by atoms with van der Waals surface area (Å²) < 4.78 is 22.5. The molecule has 1 fully saturated rings. The Labute approximate surface area is 139 Å². The Hall–Kier alpha value is -1.40. The fourth-order valence-electron chi connectivity index (χ4n) is 2.94. The van der Waals surface area contributed by atoms with Gasteiger partial charge in [-0.1, -0.05) is 19.1 Å². The summed E-state index contributed by atoms with van der Waals surface area (Å²) in [6.45, 7) is 5.38. The lowest BCUT2D eigenvalue weighted by molar-refractivity contribution is 0.0911. The highest BCUT2D eigenvalue weighted by Gasteiger charge is 2.20. The second kappa shape index (κ2) is 7.93. The maximum atomic E-state index is 12.3. The number of carbonyl (C=O) groups is 1. The number of hydrogen-bond acceptors (Lipinski definition) is 4. The number of piperidine rings is 1. The number of carbonyl (C=O) groups excluding carboxylic acids is 1. The second-order valence-corrected chi connectivity index (χ2v) is 8.50. The van der Waals surface area contributed by atoms with Gasteiger partial charge in [0.2, 0.25) is 0 Å². The van der Waals surface area contributed by atoms with E-state index in [1.165, 1.54) is 6.26 Å². The van der Waals surface area contributed by atoms with Crippen molar-refractivity contribution in [2.24, 2.45) is 0 Å². The van der Waals surface area contributed by atoms with Crippen LogP contribution in [0.4, 0.5) is 0 Å². The van der Waals surface area contributed by atoms with Crippen LogP contribution in [0.25, 0.3) is 0 Å². The summed E-state index contributed by atoms with van der Waals surface area (Å²) in [6.07, 6.45) is 4.34. The lowest BCUT2D eigenvalue weighted by Gasteiger charge is -2.32. The normalized spacial score (nSPS) is 17.1. The third-order valence-electron chi connectivity index (χ3n) is 4.11. The van der Waals surface area contributed by atoms with E-state index in [9.17, 15) is 13.2 Å². The van der Waals surface area contributed by atoms with Crippen LogP contribution in [0.2, 0.25) is 0 Å². The van der Waals surface area contributed by atoms with E-state index in [0.717, 1.165) is 38.9 Å². The van der Waals surface area contributed by atoms with Crippen LogP contribution in [0, 0.1) is 0 Å². The van der Waals surface area contributed by atoms with Crippen molar-refractivity contribution in [1.82, 2.24) is 10.2 Å². The minimum absolute atomic E-state index is 0.00475. The number of nitrogens with one attached hydrogen (secondary N) is 1. The van der Waals surface area contributed by atoms with Crippen molar-refractivity contribution in [3.05, 3.63) is 35.4 Å². The van der Waals surface area contributed by atoms with Gasteiger partial charge in [0.1, 0.15) is 0 Å². The summed E-state index contributed by atoms with van der Waals surface area (Å²) in [5.41, 5.74) is 1.29. The van der Waals surface area contributed by atoms with Crippen LogP contribution in [0.15, 0.2) is 24.3 Å². The van der Waals surface area contributed by atoms with E-state index in [1.54, 1.807) is 24.3 Å². The molecule has 1 amide bonds. The molecule has 0 aromatic heterocycles. The molecule has 1 aliphatic rings. The van der Waals surface area contributed by atoms with Crippen LogP contribution in [0.1, 0.15) is 42.1 Å². The summed E-state index contributed by atoms with van der Waals surface area (Å²) in [5, 5.41) is 3.08. The number of benzene rings is 1. The minimum atomic E-state index is -3.05. The molecule has 6 heteroatoms. The van der Waals surface area contributed by atoms with Crippen LogP contribution >= 0.6 is 0 Å². The summed E-state index contributed by atoms with van der Waals surface area (Å²) in [7, 11) is -3.05. The molecular weight excluding hydrogens is 312 g/mol. The van der Waals surface area contributed by atoms with E-state index < -0.39 is 9.84 Å². The Balaban J connectivity index is 1.86. The quantitative estimate of drug-likeness (QED) is 0.859. The van der Waals surface area contributed by atoms with E-state index in [0.29, 0.717) is 11.1 Å². The molecule has 0 atom stereocenters. The van der Waals surface area contributed by atoms with E-state index in [4.69, 9.17) is 0 Å². The topological polar surface area (TPSA) is 66.5 Å². The van der Waals surface area contributed by atoms with E-state index >= 15 is 0 Å². The molecule has 5 nitrogen and oxygen atoms in total. The SMILES string of the molecule is CCCN1CCC(NC(=O)c2ccc(CS(C)(=O)=O)cc2)CC1. The maximum Gasteiger partial charge on any atom is 0.251 e. The lowest BCUT2D eigenvalue weighted by Crippen LogP contribution is -2.44. The number of sulfone groups is 1. The van der Waals surface area contributed by atoms with Crippen molar-refractivity contribution in [2.45, 2.75) is 38.0 Å². The minimum Gasteiger partial charge on any atom is -0.349 e. The molecule has 0 spiro atoms. The predicted octanol–water partition coefficient (Wildman–Crippen LogP) is 1.84. The Morgan fingerprint density at radius 1 is 1.22 bits per heavy atom. The molecule has 1 aliphatic heterocycles. The maximum absolute atomic E-state index is 12.3. The molecule has 0 aliphatic carbocycles. The van der Waals surface area contributed by atoms with Gasteiger partial charge in [-0.15, -0.1) is 0 Å². The highest BCUT2D eigenvalue weighted by atomic mass is 32.2. The number of nitrogens with zero attached hydrogens (tertiary/aromatic N) is 1. The van der Waals surface area contributed by atoms with Gasteiger partial charge in [0.05, 0.1) is 5.75 Å². The molecule has 0 bridgehead atoms. The summed E-state index contributed by atoms with van der Waals surface area (Å²) in [6, 6.07) is 7.04. The first-order valence-corrected chi connectivity index (χ1v) is 10.2. The van der Waals surface area contributed by atoms with Crippen molar-refractivity contribution in [3.63, 3.8) is 0 Å². The molecule has 2 rings (SSSR count). The second-order valence-electron chi connectivity index (χ2n) is 6.36. The molecule has 1 N–H and O–H groups in total. The summed E-state index contributed by atoms with van der Waals surface area (Å²) >= 11 is 0. The van der Waals surface area contributed by atoms with Gasteiger partial charge < -0.3 is 10.2 Å². The van der Waals surface area contributed by atoms with Crippen LogP contribution < -0.4 is 5.32 Å². The van der Waals surface area contributed by atoms with Gasteiger partial charge in [-0.25, -0.2) is 8.42 Å². The molecule has 0 radical (unpaired) electrons. The number of amides is 1. The van der Waals surface area contributed by atoms with Crippen LogP contribution in [0.5, 0.6) is 0 Å². The average Bonchev–Trinajstić information content (AvgIpc) is 2.48. The third kappa shape index (κ3) is 5.95. The molecule has 23 heavy (non-hydrogen) atoms. The zero-order valence-corrected chi connectivity index (χ0v) is 14.7. The predicted molar refractivity (Wildman–Crippen MR) is 92.2 cm³/mol. The van der Waals surface area contributed by atoms with Crippen LogP contribution in [-0.4, -0.2) is 51.2 Å². The Bertz CT molecular complexity index is 618. The summed E-state index contributed by atoms with van der Waals surface area (Å²) in [5.74, 6) is -0.0741. The van der Waals surface area contributed by atoms with Gasteiger partial charge in [0.15, 0.2) is 9.84 Å². The Morgan fingerprint density at radius 3 is 2.35 bits per heavy atom. The van der Waals surface area contributed by atoms with Gasteiger partial charge in [0.25, 0.3) is 5.91 Å². The Morgan fingerprint density at radius 2 is 1.83 bits per heavy atom. The first kappa shape index (κ1) is 17.9. The number of hydrogen-bond donors (Lipinski definition) is 1. The molecule has 1 aromatic carbocycles. The number of rotatable bonds is 6. The fourth-order valence-corrected chi connectivity index (χ4v) is 3.74. The van der Waals surface area contributed by atoms with Gasteiger partial charge in [0, 0.05) is 31.0 Å². The fraction of sp³-hybridized carbons (Fsp3) is 0.588. The van der Waals surface area contributed by atoms with E-state index in [-0.39, 0.29) is 17.7 Å².